The third kappa shape index (κ3) is 6.43. The van der Waals surface area contributed by atoms with Crippen LogP contribution < -0.4 is 10.6 Å². The van der Waals surface area contributed by atoms with Gasteiger partial charge in [0.15, 0.2) is 6.61 Å². The van der Waals surface area contributed by atoms with Crippen LogP contribution in [0, 0.1) is 5.92 Å². The molecular weight excluding hydrogens is 336 g/mol. The summed E-state index contributed by atoms with van der Waals surface area (Å²) in [6.07, 6.45) is 2.40. The Morgan fingerprint density at radius 2 is 1.85 bits per heavy atom. The summed E-state index contributed by atoms with van der Waals surface area (Å²) in [6.45, 7) is 3.84. The first-order chi connectivity index (χ1) is 12.4. The van der Waals surface area contributed by atoms with Gasteiger partial charge in [-0.2, -0.15) is 0 Å². The number of rotatable bonds is 7. The third-order valence-electron chi connectivity index (χ3n) is 3.42. The van der Waals surface area contributed by atoms with Crippen LogP contribution in [0.4, 0.5) is 4.79 Å². The minimum absolute atomic E-state index is 0.147. The number of ether oxygens (including phenoxy) is 1. The molecule has 0 spiro atoms. The van der Waals surface area contributed by atoms with Gasteiger partial charge in [-0.3, -0.25) is 10.1 Å². The molecule has 7 nitrogen and oxygen atoms in total. The van der Waals surface area contributed by atoms with Gasteiger partial charge in [0.2, 0.25) is 0 Å². The number of imide groups is 1. The summed E-state index contributed by atoms with van der Waals surface area (Å²) < 4.78 is 9.96. The maximum absolute atomic E-state index is 11.9. The van der Waals surface area contributed by atoms with E-state index in [1.54, 1.807) is 24.3 Å². The molecule has 2 N–H and O–H groups in total. The molecule has 0 fully saturated rings. The van der Waals surface area contributed by atoms with Gasteiger partial charge in [-0.1, -0.05) is 26.0 Å². The predicted molar refractivity (Wildman–Crippen MR) is 94.4 cm³/mol. The largest absolute Gasteiger partial charge is 0.467 e. The fourth-order valence-electron chi connectivity index (χ4n) is 2.25. The van der Waals surface area contributed by atoms with Crippen LogP contribution in [0.5, 0.6) is 0 Å². The Labute approximate surface area is 151 Å². The standard InChI is InChI=1S/C19H22N2O5/c1-13(2)10-14-5-7-15(8-6-14)18(23)26-12-17(22)21-19(24)20-11-16-4-3-9-25-16/h3-9,13H,10-12H2,1-2H3,(H2,20,21,22,24). The Hall–Kier alpha value is -3.09. The highest BCUT2D eigenvalue weighted by molar-refractivity contribution is 5.96. The highest BCUT2D eigenvalue weighted by Gasteiger charge is 2.13. The Morgan fingerprint density at radius 3 is 2.46 bits per heavy atom. The van der Waals surface area contributed by atoms with Gasteiger partial charge < -0.3 is 14.5 Å². The van der Waals surface area contributed by atoms with Gasteiger partial charge in [0.1, 0.15) is 5.76 Å². The van der Waals surface area contributed by atoms with Crippen LogP contribution in [0.1, 0.15) is 35.5 Å². The maximum atomic E-state index is 11.9. The highest BCUT2D eigenvalue weighted by atomic mass is 16.5. The Kier molecular flexibility index (Phi) is 6.96. The lowest BCUT2D eigenvalue weighted by Gasteiger charge is -2.08. The SMILES string of the molecule is CC(C)Cc1ccc(C(=O)OCC(=O)NC(=O)NCc2ccco2)cc1. The molecule has 7 heteroatoms. The number of amides is 3. The van der Waals surface area contributed by atoms with Crippen molar-refractivity contribution >= 4 is 17.9 Å². The van der Waals surface area contributed by atoms with E-state index in [-0.39, 0.29) is 6.54 Å². The number of furan rings is 1. The fourth-order valence-corrected chi connectivity index (χ4v) is 2.25. The molecule has 2 aromatic rings. The average Bonchev–Trinajstić information content (AvgIpc) is 3.11. The summed E-state index contributed by atoms with van der Waals surface area (Å²) in [5, 5.41) is 4.52. The molecule has 3 amide bonds. The molecule has 26 heavy (non-hydrogen) atoms. The number of hydrogen-bond acceptors (Lipinski definition) is 5. The second-order valence-corrected chi connectivity index (χ2v) is 6.18. The van der Waals surface area contributed by atoms with Crippen LogP contribution in [-0.4, -0.2) is 24.5 Å². The first kappa shape index (κ1) is 19.2. The number of nitrogens with one attached hydrogen (secondary N) is 2. The van der Waals surface area contributed by atoms with E-state index in [0.29, 0.717) is 17.2 Å². The molecule has 0 unspecified atom stereocenters. The summed E-state index contributed by atoms with van der Waals surface area (Å²) >= 11 is 0. The maximum Gasteiger partial charge on any atom is 0.338 e. The summed E-state index contributed by atoms with van der Waals surface area (Å²) in [5.41, 5.74) is 1.48. The molecule has 0 bridgehead atoms. The number of benzene rings is 1. The van der Waals surface area contributed by atoms with Crippen molar-refractivity contribution < 1.29 is 23.5 Å². The van der Waals surface area contributed by atoms with Gasteiger partial charge in [0, 0.05) is 0 Å². The number of carbonyl (C=O) groups is 3. The van der Waals surface area contributed by atoms with Crippen molar-refractivity contribution in [3.05, 3.63) is 59.5 Å². The number of carbonyl (C=O) groups excluding carboxylic acids is 3. The third-order valence-corrected chi connectivity index (χ3v) is 3.42. The van der Waals surface area contributed by atoms with Crippen molar-refractivity contribution in [1.29, 1.82) is 0 Å². The molecule has 138 valence electrons. The number of hydrogen-bond donors (Lipinski definition) is 2. The van der Waals surface area contributed by atoms with Crippen LogP contribution >= 0.6 is 0 Å². The van der Waals surface area contributed by atoms with Gasteiger partial charge in [0.05, 0.1) is 18.4 Å². The molecule has 0 aliphatic rings. The van der Waals surface area contributed by atoms with E-state index in [0.717, 1.165) is 12.0 Å². The molecule has 0 aliphatic carbocycles. The Bertz CT molecular complexity index is 736. The second-order valence-electron chi connectivity index (χ2n) is 6.18. The van der Waals surface area contributed by atoms with Crippen molar-refractivity contribution in [2.45, 2.75) is 26.8 Å². The van der Waals surface area contributed by atoms with Gasteiger partial charge in [-0.15, -0.1) is 0 Å². The normalized spacial score (nSPS) is 10.4. The number of esters is 1. The Balaban J connectivity index is 1.72. The molecule has 0 aliphatic heterocycles. The second kappa shape index (κ2) is 9.41. The van der Waals surface area contributed by atoms with E-state index < -0.39 is 24.5 Å². The first-order valence-corrected chi connectivity index (χ1v) is 8.30. The zero-order chi connectivity index (χ0) is 18.9. The molecule has 1 heterocycles. The van der Waals surface area contributed by atoms with Crippen LogP contribution in [0.3, 0.4) is 0 Å². The molecule has 0 saturated carbocycles. The summed E-state index contributed by atoms with van der Waals surface area (Å²) in [4.78, 5) is 35.2. The smallest absolute Gasteiger partial charge is 0.338 e. The molecule has 1 aromatic heterocycles. The lowest BCUT2D eigenvalue weighted by molar-refractivity contribution is -0.123. The van der Waals surface area contributed by atoms with Gasteiger partial charge >= 0.3 is 12.0 Å². The van der Waals surface area contributed by atoms with Crippen LogP contribution in [0.15, 0.2) is 47.1 Å². The zero-order valence-corrected chi connectivity index (χ0v) is 14.8. The van der Waals surface area contributed by atoms with Gasteiger partial charge in [0.25, 0.3) is 5.91 Å². The minimum Gasteiger partial charge on any atom is -0.467 e. The van der Waals surface area contributed by atoms with E-state index in [4.69, 9.17) is 9.15 Å². The van der Waals surface area contributed by atoms with Gasteiger partial charge in [-0.25, -0.2) is 9.59 Å². The summed E-state index contributed by atoms with van der Waals surface area (Å²) in [7, 11) is 0. The van der Waals surface area contributed by atoms with E-state index in [1.807, 2.05) is 12.1 Å². The van der Waals surface area contributed by atoms with Crippen LogP contribution in [0.2, 0.25) is 0 Å². The topological polar surface area (TPSA) is 97.6 Å². The van der Waals surface area contributed by atoms with Crippen LogP contribution in [0.25, 0.3) is 0 Å². The zero-order valence-electron chi connectivity index (χ0n) is 14.8. The van der Waals surface area contributed by atoms with E-state index in [9.17, 15) is 14.4 Å². The van der Waals surface area contributed by atoms with E-state index in [2.05, 4.69) is 24.5 Å². The molecule has 0 saturated heterocycles. The lowest BCUT2D eigenvalue weighted by Crippen LogP contribution is -2.41. The van der Waals surface area contributed by atoms with E-state index in [1.165, 1.54) is 6.26 Å². The minimum atomic E-state index is -0.716. The van der Waals surface area contributed by atoms with Crippen molar-refractivity contribution in [1.82, 2.24) is 10.6 Å². The molecule has 0 radical (unpaired) electrons. The fraction of sp³-hybridized carbons (Fsp3) is 0.316. The average molecular weight is 358 g/mol. The van der Waals surface area contributed by atoms with Crippen LogP contribution in [-0.2, 0) is 22.5 Å². The van der Waals surface area contributed by atoms with Crippen molar-refractivity contribution in [3.8, 4) is 0 Å². The quantitative estimate of drug-likeness (QED) is 0.742. The molecular formula is C19H22N2O5. The molecule has 0 atom stereocenters. The molecule has 1 aromatic carbocycles. The lowest BCUT2D eigenvalue weighted by atomic mass is 10.0. The Morgan fingerprint density at radius 1 is 1.12 bits per heavy atom. The monoisotopic (exact) mass is 358 g/mol. The highest BCUT2D eigenvalue weighted by Crippen LogP contribution is 2.10. The van der Waals surface area contributed by atoms with Crippen molar-refractivity contribution in [3.63, 3.8) is 0 Å². The summed E-state index contributed by atoms with van der Waals surface area (Å²) in [6, 6.07) is 9.73. The van der Waals surface area contributed by atoms with E-state index >= 15 is 0 Å². The van der Waals surface area contributed by atoms with Crippen molar-refractivity contribution in [2.24, 2.45) is 5.92 Å². The predicted octanol–water partition coefficient (Wildman–Crippen LogP) is 2.66. The first-order valence-electron chi connectivity index (χ1n) is 8.30. The van der Waals surface area contributed by atoms with Gasteiger partial charge in [-0.05, 0) is 42.2 Å². The summed E-state index contributed by atoms with van der Waals surface area (Å²) in [5.74, 6) is -0.255. The van der Waals surface area contributed by atoms with Crippen molar-refractivity contribution in [2.75, 3.05) is 6.61 Å². The number of urea groups is 1. The molecule has 2 rings (SSSR count).